The number of carbonyl (C=O) groups excluding carboxylic acids is 1. The van der Waals surface area contributed by atoms with E-state index in [9.17, 15) is 4.79 Å². The van der Waals surface area contributed by atoms with Crippen molar-refractivity contribution in [3.63, 3.8) is 0 Å². The molecular formula is C16H21ClN2O2. The van der Waals surface area contributed by atoms with Crippen LogP contribution in [0.15, 0.2) is 24.3 Å². The molecule has 3 heterocycles. The predicted octanol–water partition coefficient (Wildman–Crippen LogP) is 2.32. The van der Waals surface area contributed by atoms with E-state index in [1.165, 1.54) is 25.9 Å². The highest BCUT2D eigenvalue weighted by Gasteiger charge is 2.35. The maximum Gasteiger partial charge on any atom is 0.261 e. The minimum absolute atomic E-state index is 0.0475. The molecule has 1 amide bonds. The fraction of sp³-hybridized carbons (Fsp3) is 0.562. The molecule has 0 aliphatic carbocycles. The van der Waals surface area contributed by atoms with E-state index >= 15 is 0 Å². The van der Waals surface area contributed by atoms with Crippen LogP contribution in [0, 0.1) is 5.92 Å². The number of fused-ring (bicyclic) bond motifs is 3. The monoisotopic (exact) mass is 308 g/mol. The van der Waals surface area contributed by atoms with E-state index in [-0.39, 0.29) is 11.9 Å². The van der Waals surface area contributed by atoms with Gasteiger partial charge in [-0.25, -0.2) is 0 Å². The smallest absolute Gasteiger partial charge is 0.261 e. The molecule has 21 heavy (non-hydrogen) atoms. The highest BCUT2D eigenvalue weighted by molar-refractivity contribution is 6.30. The van der Waals surface area contributed by atoms with Gasteiger partial charge in [-0.3, -0.25) is 4.79 Å². The van der Waals surface area contributed by atoms with Gasteiger partial charge in [-0.05, 0) is 57.0 Å². The zero-order valence-corrected chi connectivity index (χ0v) is 13.0. The topological polar surface area (TPSA) is 41.6 Å². The van der Waals surface area contributed by atoms with E-state index in [0.29, 0.717) is 16.7 Å². The maximum absolute atomic E-state index is 12.3. The summed E-state index contributed by atoms with van der Waals surface area (Å²) in [5, 5.41) is 3.76. The van der Waals surface area contributed by atoms with Gasteiger partial charge in [0.25, 0.3) is 5.91 Å². The van der Waals surface area contributed by atoms with Crippen LogP contribution >= 0.6 is 11.6 Å². The van der Waals surface area contributed by atoms with Crippen LogP contribution in [0.5, 0.6) is 5.75 Å². The van der Waals surface area contributed by atoms with Gasteiger partial charge in [-0.15, -0.1) is 0 Å². The summed E-state index contributed by atoms with van der Waals surface area (Å²) in [6, 6.07) is 7.40. The summed E-state index contributed by atoms with van der Waals surface area (Å²) in [6.07, 6.45) is 1.86. The number of amides is 1. The quantitative estimate of drug-likeness (QED) is 0.928. The first kappa shape index (κ1) is 14.7. The Bertz CT molecular complexity index is 515. The molecule has 3 aliphatic rings. The summed E-state index contributed by atoms with van der Waals surface area (Å²) in [7, 11) is 0. The number of hydrogen-bond acceptors (Lipinski definition) is 3. The normalized spacial score (nSPS) is 29.0. The van der Waals surface area contributed by atoms with Crippen molar-refractivity contribution in [1.82, 2.24) is 10.2 Å². The van der Waals surface area contributed by atoms with Gasteiger partial charge in [-0.1, -0.05) is 17.7 Å². The molecule has 1 aromatic carbocycles. The van der Waals surface area contributed by atoms with E-state index in [1.54, 1.807) is 19.1 Å². The molecule has 3 aliphatic heterocycles. The van der Waals surface area contributed by atoms with Crippen LogP contribution in [0.25, 0.3) is 0 Å². The molecule has 5 heteroatoms. The number of halogens is 1. The Labute approximate surface area is 130 Å². The second-order valence-electron chi connectivity index (χ2n) is 5.97. The summed E-state index contributed by atoms with van der Waals surface area (Å²) >= 11 is 5.92. The molecule has 0 radical (unpaired) electrons. The van der Waals surface area contributed by atoms with Gasteiger partial charge in [0.2, 0.25) is 0 Å². The Morgan fingerprint density at radius 2 is 2.19 bits per heavy atom. The van der Waals surface area contributed by atoms with Crippen molar-refractivity contribution in [2.45, 2.75) is 31.9 Å². The van der Waals surface area contributed by atoms with Crippen molar-refractivity contribution >= 4 is 17.5 Å². The van der Waals surface area contributed by atoms with Gasteiger partial charge in [0.1, 0.15) is 5.75 Å². The number of hydrogen-bond donors (Lipinski definition) is 1. The van der Waals surface area contributed by atoms with Gasteiger partial charge >= 0.3 is 0 Å². The molecule has 4 rings (SSSR count). The lowest BCUT2D eigenvalue weighted by molar-refractivity contribution is -0.129. The molecule has 114 valence electrons. The third-order valence-corrected chi connectivity index (χ3v) is 4.70. The van der Waals surface area contributed by atoms with E-state index in [1.807, 2.05) is 12.1 Å². The Balaban J connectivity index is 1.55. The molecule has 0 aromatic heterocycles. The highest BCUT2D eigenvalue weighted by atomic mass is 35.5. The molecule has 1 N–H and O–H groups in total. The van der Waals surface area contributed by atoms with E-state index in [0.717, 1.165) is 6.54 Å². The van der Waals surface area contributed by atoms with Crippen LogP contribution < -0.4 is 10.1 Å². The van der Waals surface area contributed by atoms with Crippen molar-refractivity contribution in [3.8, 4) is 5.75 Å². The molecule has 3 fully saturated rings. The molecule has 4 nitrogen and oxygen atoms in total. The Morgan fingerprint density at radius 3 is 2.81 bits per heavy atom. The fourth-order valence-electron chi connectivity index (χ4n) is 3.23. The summed E-state index contributed by atoms with van der Waals surface area (Å²) in [5.74, 6) is 1.20. The number of ether oxygens (including phenoxy) is 1. The minimum Gasteiger partial charge on any atom is -0.481 e. The summed E-state index contributed by atoms with van der Waals surface area (Å²) < 4.78 is 5.67. The average molecular weight is 309 g/mol. The van der Waals surface area contributed by atoms with E-state index < -0.39 is 6.10 Å². The Hall–Kier alpha value is -1.26. The standard InChI is InChI=1S/C16H21ClN2O2/c1-11(21-14-4-2-3-13(17)9-14)16(20)18-15-10-19-7-5-12(15)6-8-19/h2-4,9,11-12,15H,5-8,10H2,1H3,(H,18,20). The SMILES string of the molecule is CC(Oc1cccc(Cl)c1)C(=O)NC1CN2CCC1CC2. The Kier molecular flexibility index (Phi) is 4.36. The van der Waals surface area contributed by atoms with Crippen LogP contribution in [0.2, 0.25) is 5.02 Å². The molecule has 2 atom stereocenters. The lowest BCUT2D eigenvalue weighted by atomic mass is 9.84. The molecule has 2 bridgehead atoms. The molecule has 0 saturated carbocycles. The molecule has 3 saturated heterocycles. The van der Waals surface area contributed by atoms with E-state index in [4.69, 9.17) is 16.3 Å². The van der Waals surface area contributed by atoms with Crippen molar-refractivity contribution in [2.24, 2.45) is 5.92 Å². The summed E-state index contributed by atoms with van der Waals surface area (Å²) in [4.78, 5) is 14.7. The van der Waals surface area contributed by atoms with E-state index in [2.05, 4.69) is 10.2 Å². The third kappa shape index (κ3) is 3.50. The van der Waals surface area contributed by atoms with Crippen LogP contribution in [-0.2, 0) is 4.79 Å². The largest absolute Gasteiger partial charge is 0.481 e. The number of benzene rings is 1. The van der Waals surface area contributed by atoms with Crippen molar-refractivity contribution in [2.75, 3.05) is 19.6 Å². The number of nitrogens with one attached hydrogen (secondary N) is 1. The van der Waals surface area contributed by atoms with Crippen LogP contribution in [-0.4, -0.2) is 42.6 Å². The van der Waals surface area contributed by atoms with Gasteiger partial charge in [0, 0.05) is 17.6 Å². The number of nitrogens with zero attached hydrogens (tertiary/aromatic N) is 1. The van der Waals surface area contributed by atoms with Crippen LogP contribution in [0.1, 0.15) is 19.8 Å². The zero-order chi connectivity index (χ0) is 14.8. The first-order chi connectivity index (χ1) is 10.1. The van der Waals surface area contributed by atoms with Crippen LogP contribution in [0.3, 0.4) is 0 Å². The first-order valence-electron chi connectivity index (χ1n) is 7.57. The van der Waals surface area contributed by atoms with Gasteiger partial charge in [0.05, 0.1) is 0 Å². The lowest BCUT2D eigenvalue weighted by Gasteiger charge is -2.45. The molecule has 1 aromatic rings. The average Bonchev–Trinajstić information content (AvgIpc) is 2.48. The Morgan fingerprint density at radius 1 is 1.43 bits per heavy atom. The second kappa shape index (κ2) is 6.24. The van der Waals surface area contributed by atoms with Gasteiger partial charge in [-0.2, -0.15) is 0 Å². The van der Waals surface area contributed by atoms with Gasteiger partial charge in [0.15, 0.2) is 6.10 Å². The van der Waals surface area contributed by atoms with Crippen molar-refractivity contribution in [1.29, 1.82) is 0 Å². The zero-order valence-electron chi connectivity index (χ0n) is 12.2. The second-order valence-corrected chi connectivity index (χ2v) is 6.41. The number of carbonyl (C=O) groups is 1. The molecule has 2 unspecified atom stereocenters. The summed E-state index contributed by atoms with van der Waals surface area (Å²) in [5.41, 5.74) is 0. The molecule has 0 spiro atoms. The minimum atomic E-state index is -0.515. The van der Waals surface area contributed by atoms with Crippen LogP contribution in [0.4, 0.5) is 0 Å². The van der Waals surface area contributed by atoms with Gasteiger partial charge < -0.3 is 15.0 Å². The van der Waals surface area contributed by atoms with Crippen molar-refractivity contribution < 1.29 is 9.53 Å². The predicted molar refractivity (Wildman–Crippen MR) is 82.6 cm³/mol. The number of rotatable bonds is 4. The first-order valence-corrected chi connectivity index (χ1v) is 7.94. The fourth-order valence-corrected chi connectivity index (χ4v) is 3.41. The highest BCUT2D eigenvalue weighted by Crippen LogP contribution is 2.27. The third-order valence-electron chi connectivity index (χ3n) is 4.46. The maximum atomic E-state index is 12.3. The van der Waals surface area contributed by atoms with Crippen molar-refractivity contribution in [3.05, 3.63) is 29.3 Å². The lowest BCUT2D eigenvalue weighted by Crippen LogP contribution is -2.58. The number of piperidine rings is 3. The summed E-state index contributed by atoms with van der Waals surface area (Å²) in [6.45, 7) is 5.09. The molecular weight excluding hydrogens is 288 g/mol.